The standard InChI is InChI=1S/C22H21F2N5O/c23-19-6-3-5-18(20(19)24)21-26-12-15(13-27-21)22(30)28-16-7-10-29(11-8-16)14-17-4-1-2-9-25-17/h1-6,9,12-13,16H,7-8,10-11,14H2,(H,28,30). The smallest absolute Gasteiger partial charge is 0.254 e. The molecule has 0 radical (unpaired) electrons. The van der Waals surface area contributed by atoms with Crippen LogP contribution in [0.5, 0.6) is 0 Å². The maximum atomic E-state index is 13.9. The van der Waals surface area contributed by atoms with Crippen LogP contribution in [-0.4, -0.2) is 44.9 Å². The molecule has 4 rings (SSSR count). The summed E-state index contributed by atoms with van der Waals surface area (Å²) in [6, 6.07) is 9.76. The Labute approximate surface area is 173 Å². The SMILES string of the molecule is O=C(NC1CCN(Cc2ccccn2)CC1)c1cnc(-c2cccc(F)c2F)nc1. The minimum absolute atomic E-state index is 0.0337. The third-order valence-electron chi connectivity index (χ3n) is 5.14. The highest BCUT2D eigenvalue weighted by Crippen LogP contribution is 2.21. The van der Waals surface area contributed by atoms with Gasteiger partial charge in [0.25, 0.3) is 5.91 Å². The van der Waals surface area contributed by atoms with E-state index in [1.165, 1.54) is 24.5 Å². The Morgan fingerprint density at radius 2 is 1.80 bits per heavy atom. The van der Waals surface area contributed by atoms with Gasteiger partial charge in [0.1, 0.15) is 0 Å². The van der Waals surface area contributed by atoms with Gasteiger partial charge in [-0.3, -0.25) is 14.7 Å². The predicted molar refractivity (Wildman–Crippen MR) is 107 cm³/mol. The highest BCUT2D eigenvalue weighted by molar-refractivity contribution is 5.93. The third kappa shape index (κ3) is 4.65. The number of halogens is 2. The minimum Gasteiger partial charge on any atom is -0.349 e. The number of piperidine rings is 1. The number of carbonyl (C=O) groups is 1. The van der Waals surface area contributed by atoms with Crippen molar-refractivity contribution in [3.05, 3.63) is 77.9 Å². The molecule has 0 unspecified atom stereocenters. The van der Waals surface area contributed by atoms with E-state index in [1.807, 2.05) is 18.2 Å². The molecule has 2 aromatic heterocycles. The van der Waals surface area contributed by atoms with Crippen molar-refractivity contribution >= 4 is 5.91 Å². The number of rotatable bonds is 5. The first kappa shape index (κ1) is 20.0. The lowest BCUT2D eigenvalue weighted by molar-refractivity contribution is 0.0908. The molecule has 0 saturated carbocycles. The van der Waals surface area contributed by atoms with Crippen molar-refractivity contribution in [2.24, 2.45) is 0 Å². The Balaban J connectivity index is 1.32. The molecule has 1 aliphatic heterocycles. The van der Waals surface area contributed by atoms with Gasteiger partial charge >= 0.3 is 0 Å². The van der Waals surface area contributed by atoms with Crippen LogP contribution in [-0.2, 0) is 6.54 Å². The maximum absolute atomic E-state index is 13.9. The molecule has 8 heteroatoms. The zero-order valence-electron chi connectivity index (χ0n) is 16.3. The average Bonchev–Trinajstić information content (AvgIpc) is 2.78. The number of carbonyl (C=O) groups excluding carboxylic acids is 1. The van der Waals surface area contributed by atoms with Gasteiger partial charge in [-0.15, -0.1) is 0 Å². The van der Waals surface area contributed by atoms with Gasteiger partial charge in [0.05, 0.1) is 16.8 Å². The van der Waals surface area contributed by atoms with E-state index in [4.69, 9.17) is 0 Å². The van der Waals surface area contributed by atoms with E-state index in [2.05, 4.69) is 25.2 Å². The summed E-state index contributed by atoms with van der Waals surface area (Å²) in [5.41, 5.74) is 1.28. The van der Waals surface area contributed by atoms with Gasteiger partial charge < -0.3 is 5.32 Å². The minimum atomic E-state index is -1.01. The number of amides is 1. The Hall–Kier alpha value is -3.26. The second kappa shape index (κ2) is 9.04. The molecule has 0 spiro atoms. The highest BCUT2D eigenvalue weighted by atomic mass is 19.2. The van der Waals surface area contributed by atoms with Crippen molar-refractivity contribution in [1.29, 1.82) is 0 Å². The molecule has 0 bridgehead atoms. The fourth-order valence-corrected chi connectivity index (χ4v) is 3.49. The molecule has 1 saturated heterocycles. The number of hydrogen-bond acceptors (Lipinski definition) is 5. The summed E-state index contributed by atoms with van der Waals surface area (Å²) in [7, 11) is 0. The molecular weight excluding hydrogens is 388 g/mol. The van der Waals surface area contributed by atoms with E-state index in [1.54, 1.807) is 6.20 Å². The highest BCUT2D eigenvalue weighted by Gasteiger charge is 2.22. The quantitative estimate of drug-likeness (QED) is 0.701. The molecule has 6 nitrogen and oxygen atoms in total. The molecule has 3 aromatic rings. The van der Waals surface area contributed by atoms with Crippen LogP contribution >= 0.6 is 0 Å². The van der Waals surface area contributed by atoms with Gasteiger partial charge in [-0.1, -0.05) is 12.1 Å². The van der Waals surface area contributed by atoms with Crippen molar-refractivity contribution < 1.29 is 13.6 Å². The molecule has 1 aliphatic rings. The van der Waals surface area contributed by atoms with Gasteiger partial charge in [0, 0.05) is 44.3 Å². The summed E-state index contributed by atoms with van der Waals surface area (Å²) in [6.45, 7) is 2.54. The number of benzene rings is 1. The van der Waals surface area contributed by atoms with Crippen LogP contribution in [0.25, 0.3) is 11.4 Å². The second-order valence-corrected chi connectivity index (χ2v) is 7.24. The van der Waals surface area contributed by atoms with Crippen LogP contribution in [0.15, 0.2) is 55.0 Å². The van der Waals surface area contributed by atoms with Gasteiger partial charge in [0.15, 0.2) is 17.5 Å². The van der Waals surface area contributed by atoms with Gasteiger partial charge in [-0.2, -0.15) is 0 Å². The number of pyridine rings is 1. The van der Waals surface area contributed by atoms with E-state index >= 15 is 0 Å². The fourth-order valence-electron chi connectivity index (χ4n) is 3.49. The molecule has 1 amide bonds. The fraction of sp³-hybridized carbons (Fsp3) is 0.273. The van der Waals surface area contributed by atoms with Crippen molar-refractivity contribution in [3.63, 3.8) is 0 Å². The lowest BCUT2D eigenvalue weighted by Crippen LogP contribution is -2.44. The first-order chi connectivity index (χ1) is 14.6. The Kier molecular flexibility index (Phi) is 6.04. The summed E-state index contributed by atoms with van der Waals surface area (Å²) in [4.78, 5) is 27.2. The molecule has 0 aliphatic carbocycles. The summed E-state index contributed by atoms with van der Waals surface area (Å²) >= 11 is 0. The van der Waals surface area contributed by atoms with Crippen molar-refractivity contribution in [3.8, 4) is 11.4 Å². The Morgan fingerprint density at radius 1 is 1.03 bits per heavy atom. The van der Waals surface area contributed by atoms with Crippen molar-refractivity contribution in [1.82, 2.24) is 25.2 Å². The summed E-state index contributed by atoms with van der Waals surface area (Å²) in [5.74, 6) is -2.21. The third-order valence-corrected chi connectivity index (χ3v) is 5.14. The van der Waals surface area contributed by atoms with Crippen LogP contribution in [0, 0.1) is 11.6 Å². The van der Waals surface area contributed by atoms with E-state index in [0.717, 1.165) is 44.2 Å². The van der Waals surface area contributed by atoms with Crippen molar-refractivity contribution in [2.75, 3.05) is 13.1 Å². The van der Waals surface area contributed by atoms with Gasteiger partial charge in [0.2, 0.25) is 0 Å². The molecule has 1 fully saturated rings. The zero-order chi connectivity index (χ0) is 20.9. The van der Waals surface area contributed by atoms with Crippen LogP contribution < -0.4 is 5.32 Å². The van der Waals surface area contributed by atoms with Gasteiger partial charge in [-0.05, 0) is 37.1 Å². The molecule has 1 aromatic carbocycles. The van der Waals surface area contributed by atoms with E-state index < -0.39 is 11.6 Å². The normalized spacial score (nSPS) is 15.1. The molecule has 0 atom stereocenters. The topological polar surface area (TPSA) is 71.0 Å². The summed E-state index contributed by atoms with van der Waals surface area (Å²) in [6.07, 6.45) is 6.13. The first-order valence-electron chi connectivity index (χ1n) is 9.79. The number of likely N-dealkylation sites (tertiary alicyclic amines) is 1. The lowest BCUT2D eigenvalue weighted by atomic mass is 10.0. The Bertz CT molecular complexity index is 1010. The van der Waals surface area contributed by atoms with Crippen LogP contribution in [0.3, 0.4) is 0 Å². The maximum Gasteiger partial charge on any atom is 0.254 e. The molecule has 30 heavy (non-hydrogen) atoms. The largest absolute Gasteiger partial charge is 0.349 e. The lowest BCUT2D eigenvalue weighted by Gasteiger charge is -2.32. The summed E-state index contributed by atoms with van der Waals surface area (Å²) < 4.78 is 27.3. The zero-order valence-corrected chi connectivity index (χ0v) is 16.3. The number of nitrogens with one attached hydrogen (secondary N) is 1. The molecular formula is C22H21F2N5O. The number of nitrogens with zero attached hydrogens (tertiary/aromatic N) is 4. The number of hydrogen-bond donors (Lipinski definition) is 1. The molecule has 154 valence electrons. The first-order valence-corrected chi connectivity index (χ1v) is 9.79. The molecule has 3 heterocycles. The second-order valence-electron chi connectivity index (χ2n) is 7.24. The van der Waals surface area contributed by atoms with Crippen LogP contribution in [0.2, 0.25) is 0 Å². The molecule has 1 N–H and O–H groups in total. The summed E-state index contributed by atoms with van der Waals surface area (Å²) in [5, 5.41) is 3.00. The van der Waals surface area contributed by atoms with Crippen LogP contribution in [0.1, 0.15) is 28.9 Å². The monoisotopic (exact) mass is 409 g/mol. The van der Waals surface area contributed by atoms with E-state index in [9.17, 15) is 13.6 Å². The van der Waals surface area contributed by atoms with Gasteiger partial charge in [-0.25, -0.2) is 18.7 Å². The van der Waals surface area contributed by atoms with Crippen LogP contribution in [0.4, 0.5) is 8.78 Å². The average molecular weight is 409 g/mol. The predicted octanol–water partition coefficient (Wildman–Crippen LogP) is 3.21. The van der Waals surface area contributed by atoms with E-state index in [-0.39, 0.29) is 28.9 Å². The van der Waals surface area contributed by atoms with Crippen molar-refractivity contribution in [2.45, 2.75) is 25.4 Å². The van der Waals surface area contributed by atoms with E-state index in [0.29, 0.717) is 0 Å². The Morgan fingerprint density at radius 3 is 2.50 bits per heavy atom. The number of aromatic nitrogens is 3.